The number of benzene rings is 1. The molecule has 0 radical (unpaired) electrons. The minimum atomic E-state index is -3.74. The predicted molar refractivity (Wildman–Crippen MR) is 154 cm³/mol. The lowest BCUT2D eigenvalue weighted by Crippen LogP contribution is -2.75. The maximum absolute atomic E-state index is 14.2. The zero-order valence-electron chi connectivity index (χ0n) is 24.9. The van der Waals surface area contributed by atoms with Gasteiger partial charge in [0.15, 0.2) is 12.3 Å². The van der Waals surface area contributed by atoms with E-state index in [2.05, 4.69) is 11.9 Å². The average Bonchev–Trinajstić information content (AvgIpc) is 2.92. The summed E-state index contributed by atoms with van der Waals surface area (Å²) in [4.78, 5) is 53.8. The maximum Gasteiger partial charge on any atom is 0.340 e. The Balaban J connectivity index is 1.73. The molecule has 3 atom stereocenters. The van der Waals surface area contributed by atoms with Crippen LogP contribution in [-0.4, -0.2) is 108 Å². The number of amides is 3. The van der Waals surface area contributed by atoms with Crippen LogP contribution in [0.1, 0.15) is 52.5 Å². The Bertz CT molecular complexity index is 1100. The quantitative estimate of drug-likeness (QED) is 0.361. The number of rotatable bonds is 11. The van der Waals surface area contributed by atoms with Crippen molar-refractivity contribution in [3.8, 4) is 0 Å². The van der Waals surface area contributed by atoms with E-state index in [0.717, 1.165) is 31.5 Å². The molecule has 3 aliphatic heterocycles. The first kappa shape index (κ1) is 31.6. The van der Waals surface area contributed by atoms with Gasteiger partial charge in [-0.05, 0) is 64.7 Å². The van der Waals surface area contributed by atoms with Crippen LogP contribution in [0.3, 0.4) is 0 Å². The molecule has 228 valence electrons. The third-order valence-corrected chi connectivity index (χ3v) is 9.90. The van der Waals surface area contributed by atoms with Crippen LogP contribution in [0.5, 0.6) is 0 Å². The number of likely N-dealkylation sites (tertiary alicyclic amines) is 1. The number of hydroxylamine groups is 2. The summed E-state index contributed by atoms with van der Waals surface area (Å²) in [5, 5.41) is 1.19. The van der Waals surface area contributed by atoms with Crippen LogP contribution in [0.25, 0.3) is 0 Å². The highest BCUT2D eigenvalue weighted by atomic mass is 31.2. The summed E-state index contributed by atoms with van der Waals surface area (Å²) >= 11 is 0. The Labute approximate surface area is 243 Å². The third-order valence-electron chi connectivity index (χ3n) is 7.94. The first-order valence-electron chi connectivity index (χ1n) is 14.8. The van der Waals surface area contributed by atoms with E-state index in [1.165, 1.54) is 5.06 Å². The summed E-state index contributed by atoms with van der Waals surface area (Å²) in [5.41, 5.74) is 0.921. The Morgan fingerprint density at radius 2 is 1.68 bits per heavy atom. The van der Waals surface area contributed by atoms with Gasteiger partial charge in [0, 0.05) is 12.5 Å². The smallest absolute Gasteiger partial charge is 0.334 e. The SMILES string of the molecule is CCOP(=O)(CC(=O)N1O[C@H](CC(C)C)C(=O)N2[C@@H]1CN(C1CCN(C)CC1)C(=O)[C@@H]2Cc1ccccc1)OCC. The van der Waals surface area contributed by atoms with Crippen molar-refractivity contribution in [3.05, 3.63) is 35.9 Å². The zero-order valence-corrected chi connectivity index (χ0v) is 25.8. The van der Waals surface area contributed by atoms with Crippen LogP contribution in [0.15, 0.2) is 30.3 Å². The molecule has 3 aliphatic rings. The molecular formula is C29H45N4O7P. The molecule has 4 rings (SSSR count). The number of piperidine rings is 1. The fraction of sp³-hybridized carbons (Fsp3) is 0.690. The molecule has 12 heteroatoms. The molecule has 3 heterocycles. The Hall–Kier alpha value is -2.30. The molecule has 0 aromatic heterocycles. The van der Waals surface area contributed by atoms with Gasteiger partial charge in [-0.3, -0.25) is 23.8 Å². The fourth-order valence-electron chi connectivity index (χ4n) is 5.99. The lowest BCUT2D eigenvalue weighted by Gasteiger charge is -2.55. The molecule has 1 aromatic rings. The molecule has 0 bridgehead atoms. The molecular weight excluding hydrogens is 547 g/mol. The van der Waals surface area contributed by atoms with Gasteiger partial charge in [0.25, 0.3) is 11.8 Å². The monoisotopic (exact) mass is 592 g/mol. The van der Waals surface area contributed by atoms with E-state index >= 15 is 0 Å². The largest absolute Gasteiger partial charge is 0.340 e. The Morgan fingerprint density at radius 3 is 2.27 bits per heavy atom. The summed E-state index contributed by atoms with van der Waals surface area (Å²) in [6.07, 6.45) is -0.0439. The number of piperazine rings is 1. The summed E-state index contributed by atoms with van der Waals surface area (Å²) in [7, 11) is -1.68. The molecule has 0 aliphatic carbocycles. The summed E-state index contributed by atoms with van der Waals surface area (Å²) < 4.78 is 24.2. The van der Waals surface area contributed by atoms with Gasteiger partial charge >= 0.3 is 7.60 Å². The number of carbonyl (C=O) groups excluding carboxylic acids is 3. The lowest BCUT2D eigenvalue weighted by atomic mass is 9.94. The minimum Gasteiger partial charge on any atom is -0.334 e. The second-order valence-electron chi connectivity index (χ2n) is 11.5. The zero-order chi connectivity index (χ0) is 29.7. The molecule has 1 aromatic carbocycles. The van der Waals surface area contributed by atoms with Gasteiger partial charge in [0.2, 0.25) is 5.91 Å². The van der Waals surface area contributed by atoms with Crippen LogP contribution >= 0.6 is 7.60 Å². The lowest BCUT2D eigenvalue weighted by molar-refractivity contribution is -0.276. The van der Waals surface area contributed by atoms with Crippen molar-refractivity contribution < 1.29 is 32.8 Å². The van der Waals surface area contributed by atoms with Crippen LogP contribution in [0.4, 0.5) is 0 Å². The highest BCUT2D eigenvalue weighted by Gasteiger charge is 2.54. The van der Waals surface area contributed by atoms with Crippen LogP contribution in [-0.2, 0) is 39.3 Å². The molecule has 0 spiro atoms. The van der Waals surface area contributed by atoms with Gasteiger partial charge in [-0.2, -0.15) is 5.06 Å². The summed E-state index contributed by atoms with van der Waals surface area (Å²) in [6, 6.07) is 8.79. The van der Waals surface area contributed by atoms with Crippen molar-refractivity contribution in [3.63, 3.8) is 0 Å². The number of fused-ring (bicyclic) bond motifs is 1. The van der Waals surface area contributed by atoms with Gasteiger partial charge < -0.3 is 23.7 Å². The van der Waals surface area contributed by atoms with Crippen molar-refractivity contribution in [2.75, 3.05) is 46.1 Å². The predicted octanol–water partition coefficient (Wildman–Crippen LogP) is 3.14. The van der Waals surface area contributed by atoms with E-state index in [4.69, 9.17) is 13.9 Å². The molecule has 41 heavy (non-hydrogen) atoms. The molecule has 3 fully saturated rings. The number of hydrogen-bond donors (Lipinski definition) is 0. The van der Waals surface area contributed by atoms with Crippen molar-refractivity contribution in [1.29, 1.82) is 0 Å². The molecule has 11 nitrogen and oxygen atoms in total. The number of hydrogen-bond acceptors (Lipinski definition) is 8. The molecule has 3 saturated heterocycles. The fourth-order valence-corrected chi connectivity index (χ4v) is 7.51. The van der Waals surface area contributed by atoms with Crippen molar-refractivity contribution in [2.24, 2.45) is 5.92 Å². The standard InChI is InChI=1S/C29H45N4O7P/c1-6-38-41(37,39-7-2)20-27(34)33-26-19-31(23-13-15-30(5)16-14-23)28(35)24(18-22-11-9-8-10-12-22)32(26)29(36)25(40-33)17-21(3)4/h8-12,21,23-26H,6-7,13-20H2,1-5H3/t24-,25+,26-/m0/s1. The number of nitrogens with zero attached hydrogens (tertiary/aromatic N) is 4. The topological polar surface area (TPSA) is 109 Å². The minimum absolute atomic E-state index is 0.0162. The molecule has 0 N–H and O–H groups in total. The normalized spacial score (nSPS) is 24.7. The van der Waals surface area contributed by atoms with E-state index in [1.807, 2.05) is 49.1 Å². The summed E-state index contributed by atoms with van der Waals surface area (Å²) in [5.74, 6) is -0.912. The Morgan fingerprint density at radius 1 is 1.05 bits per heavy atom. The molecule has 0 saturated carbocycles. The van der Waals surface area contributed by atoms with E-state index in [-0.39, 0.29) is 43.5 Å². The second-order valence-corrected chi connectivity index (χ2v) is 13.6. The summed E-state index contributed by atoms with van der Waals surface area (Å²) in [6.45, 7) is 9.38. The second kappa shape index (κ2) is 13.8. The highest BCUT2D eigenvalue weighted by Crippen LogP contribution is 2.48. The van der Waals surface area contributed by atoms with E-state index in [9.17, 15) is 18.9 Å². The van der Waals surface area contributed by atoms with Crippen molar-refractivity contribution in [2.45, 2.75) is 77.7 Å². The maximum atomic E-state index is 14.2. The van der Waals surface area contributed by atoms with Crippen molar-refractivity contribution in [1.82, 2.24) is 19.8 Å². The Kier molecular flexibility index (Phi) is 10.6. The average molecular weight is 593 g/mol. The van der Waals surface area contributed by atoms with Crippen LogP contribution < -0.4 is 0 Å². The third kappa shape index (κ3) is 7.38. The molecule has 0 unspecified atom stereocenters. The number of carbonyl (C=O) groups is 3. The van der Waals surface area contributed by atoms with Gasteiger partial charge in [-0.25, -0.2) is 0 Å². The van der Waals surface area contributed by atoms with Gasteiger partial charge in [-0.1, -0.05) is 44.2 Å². The van der Waals surface area contributed by atoms with Crippen molar-refractivity contribution >= 4 is 25.3 Å². The van der Waals surface area contributed by atoms with E-state index < -0.39 is 38.0 Å². The van der Waals surface area contributed by atoms with Gasteiger partial charge in [-0.15, -0.1) is 0 Å². The first-order valence-corrected chi connectivity index (χ1v) is 16.5. The molecule has 3 amide bonds. The van der Waals surface area contributed by atoms with E-state index in [1.54, 1.807) is 18.7 Å². The van der Waals surface area contributed by atoms with Crippen LogP contribution in [0, 0.1) is 5.92 Å². The van der Waals surface area contributed by atoms with Gasteiger partial charge in [0.05, 0.1) is 19.8 Å². The first-order chi connectivity index (χ1) is 19.6. The van der Waals surface area contributed by atoms with Gasteiger partial charge in [0.1, 0.15) is 12.2 Å². The highest BCUT2D eigenvalue weighted by molar-refractivity contribution is 7.54. The van der Waals surface area contributed by atoms with Crippen LogP contribution in [0.2, 0.25) is 0 Å². The van der Waals surface area contributed by atoms with E-state index in [0.29, 0.717) is 12.8 Å².